The lowest BCUT2D eigenvalue weighted by molar-refractivity contribution is 0.0600. The van der Waals surface area contributed by atoms with Crippen molar-refractivity contribution in [3.63, 3.8) is 0 Å². The van der Waals surface area contributed by atoms with Crippen LogP contribution in [-0.4, -0.2) is 33.6 Å². The van der Waals surface area contributed by atoms with E-state index >= 15 is 0 Å². The zero-order valence-electron chi connectivity index (χ0n) is 10.9. The van der Waals surface area contributed by atoms with Crippen LogP contribution in [0.1, 0.15) is 20.8 Å². The average molecular weight is 302 g/mol. The smallest absolute Gasteiger partial charge is 0.337 e. The number of aromatic nitrogens is 3. The molecule has 2 heterocycles. The Labute approximate surface area is 123 Å². The van der Waals surface area contributed by atoms with E-state index in [0.29, 0.717) is 16.2 Å². The van der Waals surface area contributed by atoms with Crippen LogP contribution in [0.2, 0.25) is 0 Å². The van der Waals surface area contributed by atoms with Gasteiger partial charge in [-0.25, -0.2) is 14.3 Å². The Morgan fingerprint density at radius 2 is 2.05 bits per heavy atom. The fourth-order valence-corrected chi connectivity index (χ4v) is 2.35. The predicted molar refractivity (Wildman–Crippen MR) is 76.6 cm³/mol. The minimum Gasteiger partial charge on any atom is -0.465 e. The second kappa shape index (κ2) is 5.33. The number of nitrogens with zero attached hydrogens (tertiary/aromatic N) is 3. The zero-order chi connectivity index (χ0) is 14.8. The second-order valence-corrected chi connectivity index (χ2v) is 4.93. The summed E-state index contributed by atoms with van der Waals surface area (Å²) < 4.78 is 6.15. The number of hydrogen-bond donors (Lipinski definition) is 1. The summed E-state index contributed by atoms with van der Waals surface area (Å²) in [6.45, 7) is 0. The van der Waals surface area contributed by atoms with Crippen LogP contribution in [0, 0.1) is 0 Å². The fourth-order valence-electron chi connectivity index (χ4n) is 1.75. The molecular formula is C13H10N4O3S. The van der Waals surface area contributed by atoms with Crippen LogP contribution >= 0.6 is 11.3 Å². The summed E-state index contributed by atoms with van der Waals surface area (Å²) in [6.07, 6.45) is 1.56. The number of fused-ring (bicyclic) bond motifs is 1. The zero-order valence-corrected chi connectivity index (χ0v) is 11.8. The van der Waals surface area contributed by atoms with Gasteiger partial charge >= 0.3 is 5.97 Å². The molecule has 0 spiro atoms. The third-order valence-corrected chi connectivity index (χ3v) is 3.47. The number of carbonyl (C=O) groups excluding carboxylic acids is 2. The number of methoxy groups -OCH3 is 1. The lowest BCUT2D eigenvalue weighted by Gasteiger charge is -2.04. The number of amides is 1. The van der Waals surface area contributed by atoms with Crippen molar-refractivity contribution in [2.75, 3.05) is 12.4 Å². The van der Waals surface area contributed by atoms with Crippen molar-refractivity contribution in [1.29, 1.82) is 0 Å². The topological polar surface area (TPSA) is 85.6 Å². The highest BCUT2D eigenvalue weighted by molar-refractivity contribution is 7.14. The van der Waals surface area contributed by atoms with Crippen LogP contribution in [0.4, 0.5) is 5.69 Å². The lowest BCUT2D eigenvalue weighted by Crippen LogP contribution is -2.12. The molecular weight excluding hydrogens is 292 g/mol. The van der Waals surface area contributed by atoms with Gasteiger partial charge in [0.05, 0.1) is 18.9 Å². The van der Waals surface area contributed by atoms with Gasteiger partial charge in [-0.05, 0) is 24.3 Å². The minimum absolute atomic E-state index is 0.284. The number of anilines is 1. The SMILES string of the molecule is COC(=O)c1ccc(NC(=O)c2cn3ncsc3n2)cc1. The summed E-state index contributed by atoms with van der Waals surface area (Å²) in [6, 6.07) is 6.41. The van der Waals surface area contributed by atoms with Gasteiger partial charge in [-0.15, -0.1) is 0 Å². The molecule has 0 fully saturated rings. The number of ether oxygens (including phenoxy) is 1. The minimum atomic E-state index is -0.423. The fraction of sp³-hybridized carbons (Fsp3) is 0.0769. The van der Waals surface area contributed by atoms with E-state index in [1.807, 2.05) is 0 Å². The van der Waals surface area contributed by atoms with Crippen LogP contribution in [0.5, 0.6) is 0 Å². The van der Waals surface area contributed by atoms with Gasteiger partial charge in [0.25, 0.3) is 5.91 Å². The molecule has 7 nitrogen and oxygen atoms in total. The molecule has 1 amide bonds. The standard InChI is InChI=1S/C13H10N4O3S/c1-20-12(19)8-2-4-9(5-3-8)15-11(18)10-6-17-13(16-10)21-7-14-17/h2-7H,1H3,(H,15,18). The van der Waals surface area contributed by atoms with Crippen molar-refractivity contribution in [3.8, 4) is 0 Å². The van der Waals surface area contributed by atoms with Gasteiger partial charge in [-0.1, -0.05) is 11.3 Å². The first-order chi connectivity index (χ1) is 10.2. The Hall–Kier alpha value is -2.74. The quantitative estimate of drug-likeness (QED) is 0.746. The van der Waals surface area contributed by atoms with Crippen molar-refractivity contribution < 1.29 is 14.3 Å². The molecule has 3 aromatic rings. The highest BCUT2D eigenvalue weighted by Crippen LogP contribution is 2.13. The monoisotopic (exact) mass is 302 g/mol. The summed E-state index contributed by atoms with van der Waals surface area (Å²) >= 11 is 1.35. The Bertz CT molecular complexity index is 778. The van der Waals surface area contributed by atoms with E-state index in [9.17, 15) is 9.59 Å². The molecule has 8 heteroatoms. The highest BCUT2D eigenvalue weighted by Gasteiger charge is 2.12. The van der Waals surface area contributed by atoms with Crippen molar-refractivity contribution >= 4 is 33.9 Å². The molecule has 3 rings (SSSR count). The first-order valence-corrected chi connectivity index (χ1v) is 6.84. The maximum atomic E-state index is 12.1. The predicted octanol–water partition coefficient (Wildman–Crippen LogP) is 1.83. The number of esters is 1. The van der Waals surface area contributed by atoms with E-state index < -0.39 is 5.97 Å². The van der Waals surface area contributed by atoms with Crippen molar-refractivity contribution in [2.45, 2.75) is 0 Å². The lowest BCUT2D eigenvalue weighted by atomic mass is 10.2. The Morgan fingerprint density at radius 3 is 2.71 bits per heavy atom. The van der Waals surface area contributed by atoms with E-state index in [1.54, 1.807) is 40.5 Å². The molecule has 1 N–H and O–H groups in total. The molecule has 0 aliphatic heterocycles. The number of benzene rings is 1. The summed E-state index contributed by atoms with van der Waals surface area (Å²) in [5.41, 5.74) is 2.92. The number of imidazole rings is 1. The maximum Gasteiger partial charge on any atom is 0.337 e. The van der Waals surface area contributed by atoms with Gasteiger partial charge in [0.1, 0.15) is 11.2 Å². The molecule has 0 radical (unpaired) electrons. The number of hydrogen-bond acceptors (Lipinski definition) is 6. The molecule has 2 aromatic heterocycles. The molecule has 21 heavy (non-hydrogen) atoms. The van der Waals surface area contributed by atoms with Crippen LogP contribution in [0.25, 0.3) is 4.96 Å². The maximum absolute atomic E-state index is 12.1. The highest BCUT2D eigenvalue weighted by atomic mass is 32.1. The summed E-state index contributed by atoms with van der Waals surface area (Å²) in [7, 11) is 1.32. The van der Waals surface area contributed by atoms with E-state index in [4.69, 9.17) is 0 Å². The van der Waals surface area contributed by atoms with E-state index in [0.717, 1.165) is 0 Å². The van der Waals surface area contributed by atoms with Crippen LogP contribution < -0.4 is 5.32 Å². The largest absolute Gasteiger partial charge is 0.465 e. The Kier molecular flexibility index (Phi) is 3.36. The Morgan fingerprint density at radius 1 is 1.29 bits per heavy atom. The van der Waals surface area contributed by atoms with Crippen LogP contribution in [0.3, 0.4) is 0 Å². The molecule has 0 bridgehead atoms. The number of nitrogens with one attached hydrogen (secondary N) is 1. The number of carbonyl (C=O) groups is 2. The first kappa shape index (κ1) is 13.3. The summed E-state index contributed by atoms with van der Waals surface area (Å²) in [5, 5.41) is 6.71. The molecule has 1 aromatic carbocycles. The summed E-state index contributed by atoms with van der Waals surface area (Å²) in [5.74, 6) is -0.758. The van der Waals surface area contributed by atoms with E-state index in [2.05, 4.69) is 20.1 Å². The van der Waals surface area contributed by atoms with Crippen molar-refractivity contribution in [2.24, 2.45) is 0 Å². The molecule has 106 valence electrons. The van der Waals surface area contributed by atoms with Crippen molar-refractivity contribution in [1.82, 2.24) is 14.6 Å². The van der Waals surface area contributed by atoms with E-state index in [-0.39, 0.29) is 11.6 Å². The molecule has 0 saturated carbocycles. The molecule has 0 unspecified atom stereocenters. The number of rotatable bonds is 3. The molecule has 0 aliphatic carbocycles. The second-order valence-electron chi connectivity index (χ2n) is 4.12. The van der Waals surface area contributed by atoms with E-state index in [1.165, 1.54) is 18.4 Å². The molecule has 0 aliphatic rings. The van der Waals surface area contributed by atoms with Gasteiger partial charge in [-0.3, -0.25) is 4.79 Å². The van der Waals surface area contributed by atoms with Gasteiger partial charge in [-0.2, -0.15) is 5.10 Å². The third-order valence-electron chi connectivity index (χ3n) is 2.78. The normalized spacial score (nSPS) is 10.5. The Balaban J connectivity index is 1.75. The average Bonchev–Trinajstić information content (AvgIpc) is 3.08. The summed E-state index contributed by atoms with van der Waals surface area (Å²) in [4.78, 5) is 28.2. The molecule has 0 saturated heterocycles. The molecule has 0 atom stereocenters. The van der Waals surface area contributed by atoms with Gasteiger partial charge < -0.3 is 10.1 Å². The van der Waals surface area contributed by atoms with Crippen LogP contribution in [0.15, 0.2) is 36.0 Å². The van der Waals surface area contributed by atoms with Crippen LogP contribution in [-0.2, 0) is 4.74 Å². The van der Waals surface area contributed by atoms with Gasteiger partial charge in [0, 0.05) is 5.69 Å². The first-order valence-electron chi connectivity index (χ1n) is 5.96. The third kappa shape index (κ3) is 2.61. The van der Waals surface area contributed by atoms with Gasteiger partial charge in [0.2, 0.25) is 4.96 Å². The van der Waals surface area contributed by atoms with Crippen molar-refractivity contribution in [3.05, 3.63) is 47.2 Å². The van der Waals surface area contributed by atoms with Gasteiger partial charge in [0.15, 0.2) is 0 Å².